The molecule has 0 saturated carbocycles. The zero-order chi connectivity index (χ0) is 15.3. The van der Waals surface area contributed by atoms with E-state index in [-0.39, 0.29) is 0 Å². The molecule has 0 fully saturated rings. The molecule has 20 heavy (non-hydrogen) atoms. The molecule has 2 aromatic rings. The SMILES string of the molecule is CC.COc1cc(-c2c(C)noc2C)cc(C(C)O)c1. The summed E-state index contributed by atoms with van der Waals surface area (Å²) in [7, 11) is 1.61. The third-order valence-electron chi connectivity index (χ3n) is 2.97. The molecule has 1 heterocycles. The zero-order valence-electron chi connectivity index (χ0n) is 13.0. The van der Waals surface area contributed by atoms with Crippen molar-refractivity contribution in [1.82, 2.24) is 5.16 Å². The summed E-state index contributed by atoms with van der Waals surface area (Å²) in [6.07, 6.45) is -0.542. The highest BCUT2D eigenvalue weighted by atomic mass is 16.5. The Balaban J connectivity index is 0.000000956. The van der Waals surface area contributed by atoms with Crippen LogP contribution >= 0.6 is 0 Å². The number of aromatic nitrogens is 1. The number of aliphatic hydroxyl groups excluding tert-OH is 1. The molecule has 0 aliphatic carbocycles. The molecule has 4 heteroatoms. The first-order valence-electron chi connectivity index (χ1n) is 6.83. The van der Waals surface area contributed by atoms with E-state index >= 15 is 0 Å². The summed E-state index contributed by atoms with van der Waals surface area (Å²) >= 11 is 0. The average molecular weight is 277 g/mol. The van der Waals surface area contributed by atoms with Gasteiger partial charge in [0.1, 0.15) is 11.5 Å². The average Bonchev–Trinajstić information content (AvgIpc) is 2.79. The van der Waals surface area contributed by atoms with Gasteiger partial charge in [0.05, 0.1) is 18.9 Å². The normalized spacial score (nSPS) is 11.6. The van der Waals surface area contributed by atoms with Crippen LogP contribution in [0.4, 0.5) is 0 Å². The third-order valence-corrected chi connectivity index (χ3v) is 2.97. The molecular weight excluding hydrogens is 254 g/mol. The molecule has 1 atom stereocenters. The minimum atomic E-state index is -0.542. The van der Waals surface area contributed by atoms with Crippen LogP contribution in [0.1, 0.15) is 43.9 Å². The first-order valence-corrected chi connectivity index (χ1v) is 6.83. The second-order valence-electron chi connectivity index (χ2n) is 4.37. The van der Waals surface area contributed by atoms with Crippen LogP contribution in [0.3, 0.4) is 0 Å². The van der Waals surface area contributed by atoms with E-state index in [9.17, 15) is 5.11 Å². The molecule has 4 nitrogen and oxygen atoms in total. The minimum Gasteiger partial charge on any atom is -0.497 e. The Kier molecular flexibility index (Phi) is 5.77. The number of ether oxygens (including phenoxy) is 1. The molecule has 1 N–H and O–H groups in total. The maximum Gasteiger partial charge on any atom is 0.141 e. The van der Waals surface area contributed by atoms with E-state index in [2.05, 4.69) is 5.16 Å². The summed E-state index contributed by atoms with van der Waals surface area (Å²) in [6, 6.07) is 5.67. The van der Waals surface area contributed by atoms with Crippen molar-refractivity contribution in [2.75, 3.05) is 7.11 Å². The Morgan fingerprint density at radius 3 is 2.30 bits per heavy atom. The van der Waals surface area contributed by atoms with Gasteiger partial charge in [-0.25, -0.2) is 0 Å². The second-order valence-corrected chi connectivity index (χ2v) is 4.37. The number of rotatable bonds is 3. The first kappa shape index (κ1) is 16.2. The fraction of sp³-hybridized carbons (Fsp3) is 0.438. The van der Waals surface area contributed by atoms with Gasteiger partial charge in [0.25, 0.3) is 0 Å². The lowest BCUT2D eigenvalue weighted by Gasteiger charge is -2.11. The maximum absolute atomic E-state index is 9.71. The van der Waals surface area contributed by atoms with Crippen molar-refractivity contribution < 1.29 is 14.4 Å². The summed E-state index contributed by atoms with van der Waals surface area (Å²) < 4.78 is 10.4. The Bertz CT molecular complexity index is 539. The van der Waals surface area contributed by atoms with Crippen LogP contribution in [0.2, 0.25) is 0 Å². The molecule has 0 bridgehead atoms. The van der Waals surface area contributed by atoms with Crippen molar-refractivity contribution in [3.63, 3.8) is 0 Å². The maximum atomic E-state index is 9.71. The van der Waals surface area contributed by atoms with Gasteiger partial charge >= 0.3 is 0 Å². The molecular formula is C16H23NO3. The van der Waals surface area contributed by atoms with E-state index in [1.54, 1.807) is 14.0 Å². The van der Waals surface area contributed by atoms with Gasteiger partial charge in [0.2, 0.25) is 0 Å². The standard InChI is InChI=1S/C14H17NO3.C2H6/c1-8-14(10(3)18-15-8)12-5-11(9(2)16)6-13(7-12)17-4;1-2/h5-7,9,16H,1-4H3;1-2H3. The third kappa shape index (κ3) is 3.39. The zero-order valence-corrected chi connectivity index (χ0v) is 13.0. The highest BCUT2D eigenvalue weighted by molar-refractivity contribution is 5.70. The number of hydrogen-bond acceptors (Lipinski definition) is 4. The van der Waals surface area contributed by atoms with Crippen molar-refractivity contribution >= 4 is 0 Å². The number of benzene rings is 1. The quantitative estimate of drug-likeness (QED) is 0.919. The Hall–Kier alpha value is -1.81. The number of aliphatic hydroxyl groups is 1. The van der Waals surface area contributed by atoms with E-state index in [0.29, 0.717) is 5.75 Å². The van der Waals surface area contributed by atoms with Gasteiger partial charge in [-0.15, -0.1) is 0 Å². The van der Waals surface area contributed by atoms with E-state index < -0.39 is 6.10 Å². The number of aryl methyl sites for hydroxylation is 2. The van der Waals surface area contributed by atoms with Crippen molar-refractivity contribution in [2.45, 2.75) is 40.7 Å². The van der Waals surface area contributed by atoms with Crippen LogP contribution in [0.15, 0.2) is 22.7 Å². The topological polar surface area (TPSA) is 55.5 Å². The van der Waals surface area contributed by atoms with Crippen molar-refractivity contribution in [3.05, 3.63) is 35.2 Å². The van der Waals surface area contributed by atoms with E-state index in [1.807, 2.05) is 45.9 Å². The Labute approximate surface area is 120 Å². The number of methoxy groups -OCH3 is 1. The molecule has 1 aromatic carbocycles. The lowest BCUT2D eigenvalue weighted by atomic mass is 9.99. The van der Waals surface area contributed by atoms with Crippen molar-refractivity contribution in [2.24, 2.45) is 0 Å². The van der Waals surface area contributed by atoms with Gasteiger partial charge in [-0.3, -0.25) is 0 Å². The molecule has 1 unspecified atom stereocenters. The fourth-order valence-corrected chi connectivity index (χ4v) is 2.02. The molecule has 0 saturated heterocycles. The summed E-state index contributed by atoms with van der Waals surface area (Å²) in [5.74, 6) is 1.47. The van der Waals surface area contributed by atoms with Crippen LogP contribution in [-0.2, 0) is 0 Å². The van der Waals surface area contributed by atoms with Gasteiger partial charge in [0, 0.05) is 5.56 Å². The lowest BCUT2D eigenvalue weighted by Crippen LogP contribution is -1.94. The van der Waals surface area contributed by atoms with Gasteiger partial charge in [0.15, 0.2) is 0 Å². The molecule has 2 rings (SSSR count). The summed E-state index contributed by atoms with van der Waals surface area (Å²) in [6.45, 7) is 9.50. The minimum absolute atomic E-state index is 0.542. The predicted octanol–water partition coefficient (Wildman–Crippen LogP) is 4.05. The van der Waals surface area contributed by atoms with E-state index in [4.69, 9.17) is 9.26 Å². The van der Waals surface area contributed by atoms with Gasteiger partial charge in [-0.1, -0.05) is 19.0 Å². The van der Waals surface area contributed by atoms with Crippen LogP contribution in [0.5, 0.6) is 5.75 Å². The van der Waals surface area contributed by atoms with Gasteiger partial charge < -0.3 is 14.4 Å². The van der Waals surface area contributed by atoms with E-state index in [1.165, 1.54) is 0 Å². The molecule has 1 aromatic heterocycles. The summed E-state index contributed by atoms with van der Waals surface area (Å²) in [4.78, 5) is 0. The van der Waals surface area contributed by atoms with Crippen molar-refractivity contribution in [3.8, 4) is 16.9 Å². The monoisotopic (exact) mass is 277 g/mol. The van der Waals surface area contributed by atoms with Crippen molar-refractivity contribution in [1.29, 1.82) is 0 Å². The molecule has 0 amide bonds. The van der Waals surface area contributed by atoms with Crippen LogP contribution in [0.25, 0.3) is 11.1 Å². The molecule has 110 valence electrons. The number of nitrogens with zero attached hydrogens (tertiary/aromatic N) is 1. The lowest BCUT2D eigenvalue weighted by molar-refractivity contribution is 0.199. The molecule has 0 aliphatic heterocycles. The van der Waals surface area contributed by atoms with Gasteiger partial charge in [-0.2, -0.15) is 0 Å². The Morgan fingerprint density at radius 2 is 1.85 bits per heavy atom. The fourth-order valence-electron chi connectivity index (χ4n) is 2.02. The first-order chi connectivity index (χ1) is 9.52. The smallest absolute Gasteiger partial charge is 0.141 e. The molecule has 0 spiro atoms. The van der Waals surface area contributed by atoms with Crippen LogP contribution < -0.4 is 4.74 Å². The number of hydrogen-bond donors (Lipinski definition) is 1. The summed E-state index contributed by atoms with van der Waals surface area (Å²) in [5, 5.41) is 13.7. The Morgan fingerprint density at radius 1 is 1.20 bits per heavy atom. The molecule has 0 radical (unpaired) electrons. The predicted molar refractivity (Wildman–Crippen MR) is 79.9 cm³/mol. The van der Waals surface area contributed by atoms with E-state index in [0.717, 1.165) is 28.1 Å². The summed E-state index contributed by atoms with van der Waals surface area (Å²) in [5.41, 5.74) is 3.54. The second kappa shape index (κ2) is 7.10. The van der Waals surface area contributed by atoms with Crippen LogP contribution in [-0.4, -0.2) is 17.4 Å². The largest absolute Gasteiger partial charge is 0.497 e. The van der Waals surface area contributed by atoms with Gasteiger partial charge in [-0.05, 0) is 50.1 Å². The molecule has 0 aliphatic rings. The van der Waals surface area contributed by atoms with Crippen LogP contribution in [0, 0.1) is 13.8 Å². The highest BCUT2D eigenvalue weighted by Crippen LogP contribution is 2.32. The highest BCUT2D eigenvalue weighted by Gasteiger charge is 2.14.